The summed E-state index contributed by atoms with van der Waals surface area (Å²) in [6.07, 6.45) is 7.06. The summed E-state index contributed by atoms with van der Waals surface area (Å²) >= 11 is 1.57. The third kappa shape index (κ3) is 0.970. The molecule has 0 fully saturated rings. The first-order valence-corrected chi connectivity index (χ1v) is 4.32. The standard InChI is InChI=1S/C6H6N4S/c1-11-6-9-4-8-5-7-2-3-10(5)6/h2-4H,1H3. The first-order chi connectivity index (χ1) is 5.42. The second-order valence-corrected chi connectivity index (χ2v) is 2.73. The number of imidazole rings is 1. The number of aromatic nitrogens is 4. The van der Waals surface area contributed by atoms with Gasteiger partial charge < -0.3 is 0 Å². The van der Waals surface area contributed by atoms with Crippen LogP contribution in [-0.2, 0) is 0 Å². The Labute approximate surface area is 67.7 Å². The SMILES string of the molecule is CSc1ncnc2nccn12. The molecule has 0 radical (unpaired) electrons. The van der Waals surface area contributed by atoms with Crippen molar-refractivity contribution in [2.45, 2.75) is 5.16 Å². The van der Waals surface area contributed by atoms with E-state index in [-0.39, 0.29) is 0 Å². The molecule has 0 unspecified atom stereocenters. The zero-order valence-electron chi connectivity index (χ0n) is 5.93. The lowest BCUT2D eigenvalue weighted by molar-refractivity contribution is 0.862. The lowest BCUT2D eigenvalue weighted by atomic mass is 10.9. The highest BCUT2D eigenvalue weighted by Crippen LogP contribution is 2.10. The number of rotatable bonds is 1. The normalized spacial score (nSPS) is 10.6. The summed E-state index contributed by atoms with van der Waals surface area (Å²) < 4.78 is 1.85. The molecule has 2 rings (SSSR count). The van der Waals surface area contributed by atoms with Gasteiger partial charge in [-0.3, -0.25) is 4.40 Å². The molecule has 0 bridgehead atoms. The number of fused-ring (bicyclic) bond motifs is 1. The van der Waals surface area contributed by atoms with Crippen molar-refractivity contribution in [2.24, 2.45) is 0 Å². The van der Waals surface area contributed by atoms with E-state index in [0.29, 0.717) is 5.78 Å². The fourth-order valence-corrected chi connectivity index (χ4v) is 1.38. The Morgan fingerprint density at radius 3 is 3.09 bits per heavy atom. The number of hydrogen-bond donors (Lipinski definition) is 0. The third-order valence-electron chi connectivity index (χ3n) is 1.35. The molecule has 0 amide bonds. The molecule has 5 heteroatoms. The van der Waals surface area contributed by atoms with Gasteiger partial charge in [0.1, 0.15) is 6.33 Å². The molecule has 0 aliphatic carbocycles. The maximum Gasteiger partial charge on any atom is 0.237 e. The highest BCUT2D eigenvalue weighted by Gasteiger charge is 1.99. The van der Waals surface area contributed by atoms with Gasteiger partial charge in [-0.15, -0.1) is 0 Å². The van der Waals surface area contributed by atoms with Gasteiger partial charge in [-0.2, -0.15) is 0 Å². The highest BCUT2D eigenvalue weighted by molar-refractivity contribution is 7.98. The topological polar surface area (TPSA) is 43.1 Å². The molecule has 2 aromatic rings. The molecule has 56 valence electrons. The Bertz CT molecular complexity index is 369. The van der Waals surface area contributed by atoms with E-state index in [2.05, 4.69) is 15.0 Å². The van der Waals surface area contributed by atoms with Crippen molar-refractivity contribution < 1.29 is 0 Å². The Morgan fingerprint density at radius 1 is 1.36 bits per heavy atom. The van der Waals surface area contributed by atoms with Crippen LogP contribution in [0.5, 0.6) is 0 Å². The Balaban J connectivity index is 2.79. The van der Waals surface area contributed by atoms with Gasteiger partial charge in [0.2, 0.25) is 5.78 Å². The van der Waals surface area contributed by atoms with Crippen molar-refractivity contribution in [1.29, 1.82) is 0 Å². The summed E-state index contributed by atoms with van der Waals surface area (Å²) in [4.78, 5) is 12.1. The van der Waals surface area contributed by atoms with Gasteiger partial charge >= 0.3 is 0 Å². The zero-order valence-corrected chi connectivity index (χ0v) is 6.75. The second kappa shape index (κ2) is 2.50. The monoisotopic (exact) mass is 166 g/mol. The van der Waals surface area contributed by atoms with E-state index in [1.165, 1.54) is 6.33 Å². The van der Waals surface area contributed by atoms with Gasteiger partial charge in [0, 0.05) is 12.4 Å². The lowest BCUT2D eigenvalue weighted by Crippen LogP contribution is -1.93. The molecule has 0 saturated carbocycles. The fraction of sp³-hybridized carbons (Fsp3) is 0.167. The molecule has 0 aliphatic rings. The molecule has 0 atom stereocenters. The second-order valence-electron chi connectivity index (χ2n) is 1.96. The van der Waals surface area contributed by atoms with Crippen molar-refractivity contribution in [3.8, 4) is 0 Å². The minimum absolute atomic E-state index is 0.698. The Morgan fingerprint density at radius 2 is 2.27 bits per heavy atom. The van der Waals surface area contributed by atoms with E-state index in [1.807, 2.05) is 16.9 Å². The summed E-state index contributed by atoms with van der Waals surface area (Å²) in [6.45, 7) is 0. The summed E-state index contributed by atoms with van der Waals surface area (Å²) in [5, 5.41) is 0.910. The summed E-state index contributed by atoms with van der Waals surface area (Å²) in [5.74, 6) is 0.698. The third-order valence-corrected chi connectivity index (χ3v) is 2.02. The highest BCUT2D eigenvalue weighted by atomic mass is 32.2. The largest absolute Gasteiger partial charge is 0.263 e. The van der Waals surface area contributed by atoms with Crippen LogP contribution in [0.2, 0.25) is 0 Å². The number of hydrogen-bond acceptors (Lipinski definition) is 4. The van der Waals surface area contributed by atoms with Crippen LogP contribution >= 0.6 is 11.8 Å². The molecule has 4 nitrogen and oxygen atoms in total. The maximum absolute atomic E-state index is 4.07. The number of nitrogens with zero attached hydrogens (tertiary/aromatic N) is 4. The molecule has 11 heavy (non-hydrogen) atoms. The van der Waals surface area contributed by atoms with Gasteiger partial charge in [-0.05, 0) is 6.26 Å². The predicted octanol–water partition coefficient (Wildman–Crippen LogP) is 0.846. The Hall–Kier alpha value is -1.10. The Kier molecular flexibility index (Phi) is 1.50. The average Bonchev–Trinajstić information content (AvgIpc) is 2.50. The molecule has 0 spiro atoms. The summed E-state index contributed by atoms with van der Waals surface area (Å²) in [7, 11) is 0. The molecule has 0 saturated heterocycles. The van der Waals surface area contributed by atoms with E-state index >= 15 is 0 Å². The maximum atomic E-state index is 4.07. The van der Waals surface area contributed by atoms with Gasteiger partial charge in [-0.1, -0.05) is 11.8 Å². The van der Waals surface area contributed by atoms with Crippen molar-refractivity contribution in [3.05, 3.63) is 18.7 Å². The fourth-order valence-electron chi connectivity index (χ4n) is 0.884. The van der Waals surface area contributed by atoms with Crippen molar-refractivity contribution in [3.63, 3.8) is 0 Å². The predicted molar refractivity (Wildman–Crippen MR) is 42.6 cm³/mol. The van der Waals surface area contributed by atoms with Crippen molar-refractivity contribution in [1.82, 2.24) is 19.4 Å². The van der Waals surface area contributed by atoms with Gasteiger partial charge in [0.25, 0.3) is 0 Å². The molecule has 2 heterocycles. The quantitative estimate of drug-likeness (QED) is 0.589. The smallest absolute Gasteiger partial charge is 0.237 e. The van der Waals surface area contributed by atoms with Gasteiger partial charge in [0.05, 0.1) is 0 Å². The first kappa shape index (κ1) is 6.60. The molecular formula is C6H6N4S. The van der Waals surface area contributed by atoms with Crippen molar-refractivity contribution >= 4 is 17.5 Å². The van der Waals surface area contributed by atoms with Gasteiger partial charge in [-0.25, -0.2) is 15.0 Å². The number of thioether (sulfide) groups is 1. The van der Waals surface area contributed by atoms with Crippen LogP contribution in [0.15, 0.2) is 23.9 Å². The minimum atomic E-state index is 0.698. The van der Waals surface area contributed by atoms with E-state index in [4.69, 9.17) is 0 Å². The van der Waals surface area contributed by atoms with E-state index in [0.717, 1.165) is 5.16 Å². The summed E-state index contributed by atoms with van der Waals surface area (Å²) in [5.41, 5.74) is 0. The van der Waals surface area contributed by atoms with E-state index < -0.39 is 0 Å². The average molecular weight is 166 g/mol. The lowest BCUT2D eigenvalue weighted by Gasteiger charge is -1.96. The zero-order chi connectivity index (χ0) is 7.68. The van der Waals surface area contributed by atoms with E-state index in [1.54, 1.807) is 18.0 Å². The van der Waals surface area contributed by atoms with Crippen LogP contribution in [0, 0.1) is 0 Å². The van der Waals surface area contributed by atoms with Crippen LogP contribution in [0.1, 0.15) is 0 Å². The molecule has 0 aliphatic heterocycles. The molecule has 0 aromatic carbocycles. The minimum Gasteiger partial charge on any atom is -0.263 e. The molecular weight excluding hydrogens is 160 g/mol. The first-order valence-electron chi connectivity index (χ1n) is 3.10. The van der Waals surface area contributed by atoms with Crippen LogP contribution in [-0.4, -0.2) is 25.6 Å². The van der Waals surface area contributed by atoms with Gasteiger partial charge in [0.15, 0.2) is 5.16 Å². The van der Waals surface area contributed by atoms with E-state index in [9.17, 15) is 0 Å². The van der Waals surface area contributed by atoms with Crippen LogP contribution < -0.4 is 0 Å². The molecule has 2 aromatic heterocycles. The van der Waals surface area contributed by atoms with Crippen LogP contribution in [0.4, 0.5) is 0 Å². The van der Waals surface area contributed by atoms with Crippen molar-refractivity contribution in [2.75, 3.05) is 6.26 Å². The van der Waals surface area contributed by atoms with Crippen LogP contribution in [0.25, 0.3) is 5.78 Å². The van der Waals surface area contributed by atoms with Crippen LogP contribution in [0.3, 0.4) is 0 Å². The summed E-state index contributed by atoms with van der Waals surface area (Å²) in [6, 6.07) is 0. The molecule has 0 N–H and O–H groups in total.